The van der Waals surface area contributed by atoms with Gasteiger partial charge in [0.25, 0.3) is 5.91 Å². The maximum Gasteiger partial charge on any atom is 0.289 e. The van der Waals surface area contributed by atoms with E-state index in [9.17, 15) is 4.79 Å². The van der Waals surface area contributed by atoms with E-state index < -0.39 is 0 Å². The Bertz CT molecular complexity index is 1100. The van der Waals surface area contributed by atoms with Crippen LogP contribution in [0.1, 0.15) is 80.4 Å². The molecule has 0 radical (unpaired) electrons. The zero-order valence-corrected chi connectivity index (χ0v) is 23.4. The number of hydrogen-bond donors (Lipinski definition) is 3. The largest absolute Gasteiger partial charge is 0.379 e. The first-order valence-electron chi connectivity index (χ1n) is 13.3. The highest BCUT2D eigenvalue weighted by atomic mass is 35.5. The van der Waals surface area contributed by atoms with Crippen molar-refractivity contribution in [3.05, 3.63) is 29.6 Å². The third-order valence-corrected chi connectivity index (χ3v) is 7.69. The number of aliphatic imine (C=N–C) groups is 1. The van der Waals surface area contributed by atoms with Gasteiger partial charge in [0.1, 0.15) is 5.82 Å². The zero-order valence-electron chi connectivity index (χ0n) is 21.8. The van der Waals surface area contributed by atoms with Crippen LogP contribution in [-0.4, -0.2) is 59.6 Å². The summed E-state index contributed by atoms with van der Waals surface area (Å²) in [5, 5.41) is 11.5. The zero-order chi connectivity index (χ0) is 24.2. The summed E-state index contributed by atoms with van der Waals surface area (Å²) in [6.45, 7) is 2.99. The fraction of sp³-hybridized carbons (Fsp3) is 0.630. The molecule has 0 unspecified atom stereocenters. The summed E-state index contributed by atoms with van der Waals surface area (Å²) < 4.78 is 5.63. The molecule has 8 nitrogen and oxygen atoms in total. The highest BCUT2D eigenvalue weighted by Gasteiger charge is 2.30. The molecule has 5 rings (SSSR count). The van der Waals surface area contributed by atoms with Gasteiger partial charge in [0.05, 0.1) is 23.5 Å². The second-order valence-electron chi connectivity index (χ2n) is 10.3. The first-order valence-corrected chi connectivity index (χ1v) is 13.3. The van der Waals surface area contributed by atoms with Crippen molar-refractivity contribution in [2.45, 2.75) is 95.4 Å². The molecule has 2 aromatic rings. The van der Waals surface area contributed by atoms with Crippen molar-refractivity contribution >= 4 is 53.3 Å². The smallest absolute Gasteiger partial charge is 0.289 e. The SMILES string of the molecule is CO[C@@H]1CCCC[C@H]1NC(=O)c1nc(N[C@H]2CCCC[C@H]2NC2=NCCC2)c2cc(C)ccc2n1.Cl.Cl. The summed E-state index contributed by atoms with van der Waals surface area (Å²) in [5.41, 5.74) is 1.93. The molecule has 3 N–H and O–H groups in total. The quantitative estimate of drug-likeness (QED) is 0.469. The van der Waals surface area contributed by atoms with E-state index in [0.717, 1.165) is 86.0 Å². The molecule has 3 aliphatic rings. The van der Waals surface area contributed by atoms with Crippen LogP contribution >= 0.6 is 24.8 Å². The van der Waals surface area contributed by atoms with E-state index in [0.29, 0.717) is 6.04 Å². The van der Waals surface area contributed by atoms with Crippen LogP contribution in [0.3, 0.4) is 0 Å². The second-order valence-corrected chi connectivity index (χ2v) is 10.3. The minimum absolute atomic E-state index is 0. The first kappa shape index (κ1) is 29.4. The summed E-state index contributed by atoms with van der Waals surface area (Å²) >= 11 is 0. The third kappa shape index (κ3) is 7.03. The van der Waals surface area contributed by atoms with Gasteiger partial charge in [-0.05, 0) is 51.2 Å². The Morgan fingerprint density at radius 1 is 0.919 bits per heavy atom. The van der Waals surface area contributed by atoms with Crippen molar-refractivity contribution in [3.8, 4) is 0 Å². The number of rotatable bonds is 6. The number of carbonyl (C=O) groups excluding carboxylic acids is 1. The summed E-state index contributed by atoms with van der Waals surface area (Å²) in [7, 11) is 1.72. The summed E-state index contributed by atoms with van der Waals surface area (Å²) in [4.78, 5) is 27.3. The Kier molecular flexibility index (Phi) is 10.8. The van der Waals surface area contributed by atoms with Crippen molar-refractivity contribution < 1.29 is 9.53 Å². The molecular weight excluding hydrogens is 511 g/mol. The third-order valence-electron chi connectivity index (χ3n) is 7.69. The standard InChI is InChI=1S/C27H38N6O2.2ClH/c1-17-13-14-19-18(16-17)25(31-21-9-4-3-8-20(21)29-24-12-7-15-28-24)33-26(30-19)27(34)32-22-10-5-6-11-23(22)35-2;;/h13-14,16,20-23H,3-12,15H2,1-2H3,(H,28,29)(H,32,34)(H,30,31,33);2*1H/t20-,21+,22-,23-;;/m1../s1. The number of nitrogens with zero attached hydrogens (tertiary/aromatic N) is 3. The monoisotopic (exact) mass is 550 g/mol. The van der Waals surface area contributed by atoms with Crippen molar-refractivity contribution in [1.29, 1.82) is 0 Å². The van der Waals surface area contributed by atoms with Crippen molar-refractivity contribution in [2.24, 2.45) is 4.99 Å². The average molecular weight is 552 g/mol. The molecule has 1 amide bonds. The predicted molar refractivity (Wildman–Crippen MR) is 154 cm³/mol. The number of ether oxygens (including phenoxy) is 1. The van der Waals surface area contributed by atoms with E-state index in [1.54, 1.807) is 7.11 Å². The second kappa shape index (κ2) is 13.6. The van der Waals surface area contributed by atoms with Gasteiger partial charge in [-0.3, -0.25) is 9.79 Å². The lowest BCUT2D eigenvalue weighted by Gasteiger charge is -2.34. The van der Waals surface area contributed by atoms with Crippen molar-refractivity contribution in [2.75, 3.05) is 19.0 Å². The number of carbonyl (C=O) groups is 1. The predicted octanol–water partition coefficient (Wildman–Crippen LogP) is 4.97. The van der Waals surface area contributed by atoms with Crippen LogP contribution in [0.2, 0.25) is 0 Å². The van der Waals surface area contributed by atoms with Crippen LogP contribution in [0.4, 0.5) is 5.82 Å². The number of nitrogens with one attached hydrogen (secondary N) is 3. The van der Waals surface area contributed by atoms with E-state index in [1.807, 2.05) is 12.1 Å². The van der Waals surface area contributed by atoms with Crippen LogP contribution in [0, 0.1) is 6.92 Å². The minimum Gasteiger partial charge on any atom is -0.379 e. The molecule has 0 saturated heterocycles. The molecule has 37 heavy (non-hydrogen) atoms. The number of hydrogen-bond acceptors (Lipinski definition) is 7. The molecule has 10 heteroatoms. The minimum atomic E-state index is -0.233. The lowest BCUT2D eigenvalue weighted by Crippen LogP contribution is -2.48. The van der Waals surface area contributed by atoms with Gasteiger partial charge in [0, 0.05) is 37.5 Å². The van der Waals surface area contributed by atoms with Gasteiger partial charge < -0.3 is 20.7 Å². The normalized spacial score (nSPS) is 25.4. The maximum atomic E-state index is 13.3. The molecule has 1 aliphatic heterocycles. The van der Waals surface area contributed by atoms with Gasteiger partial charge in [-0.25, -0.2) is 9.97 Å². The number of fused-ring (bicyclic) bond motifs is 1. The molecule has 2 aliphatic carbocycles. The van der Waals surface area contributed by atoms with E-state index >= 15 is 0 Å². The number of amidine groups is 1. The van der Waals surface area contributed by atoms with E-state index in [1.165, 1.54) is 12.8 Å². The number of anilines is 1. The first-order chi connectivity index (χ1) is 17.1. The van der Waals surface area contributed by atoms with E-state index in [-0.39, 0.29) is 54.7 Å². The van der Waals surface area contributed by atoms with Crippen LogP contribution in [-0.2, 0) is 4.74 Å². The number of methoxy groups -OCH3 is 1. The topological polar surface area (TPSA) is 101 Å². The fourth-order valence-electron chi connectivity index (χ4n) is 5.75. The molecular formula is C27H40Cl2N6O2. The number of aryl methyl sites for hydroxylation is 1. The summed E-state index contributed by atoms with van der Waals surface area (Å²) in [6, 6.07) is 6.64. The van der Waals surface area contributed by atoms with Gasteiger partial charge in [0.15, 0.2) is 0 Å². The Morgan fingerprint density at radius 3 is 2.32 bits per heavy atom. The fourth-order valence-corrected chi connectivity index (χ4v) is 5.75. The molecule has 2 heterocycles. The van der Waals surface area contributed by atoms with Crippen LogP contribution < -0.4 is 16.0 Å². The van der Waals surface area contributed by atoms with Crippen LogP contribution in [0.25, 0.3) is 10.9 Å². The number of halogens is 2. The van der Waals surface area contributed by atoms with Gasteiger partial charge in [-0.2, -0.15) is 0 Å². The van der Waals surface area contributed by atoms with Crippen molar-refractivity contribution in [1.82, 2.24) is 20.6 Å². The molecule has 0 spiro atoms. The van der Waals surface area contributed by atoms with Gasteiger partial charge in [0.2, 0.25) is 5.82 Å². The average Bonchev–Trinajstić information content (AvgIpc) is 3.39. The highest BCUT2D eigenvalue weighted by Crippen LogP contribution is 2.28. The lowest BCUT2D eigenvalue weighted by molar-refractivity contribution is 0.0390. The molecule has 0 bridgehead atoms. The Balaban J connectivity index is 0.00000190. The summed E-state index contributed by atoms with van der Waals surface area (Å²) in [6.07, 6.45) is 10.9. The summed E-state index contributed by atoms with van der Waals surface area (Å²) in [5.74, 6) is 1.85. The van der Waals surface area contributed by atoms with Gasteiger partial charge in [-0.15, -0.1) is 24.8 Å². The molecule has 2 fully saturated rings. The Morgan fingerprint density at radius 2 is 1.62 bits per heavy atom. The molecule has 4 atom stereocenters. The molecule has 1 aromatic heterocycles. The lowest BCUT2D eigenvalue weighted by atomic mass is 9.90. The highest BCUT2D eigenvalue weighted by molar-refractivity contribution is 5.97. The Labute approximate surface area is 232 Å². The van der Waals surface area contributed by atoms with Crippen LogP contribution in [0.15, 0.2) is 23.2 Å². The van der Waals surface area contributed by atoms with E-state index in [4.69, 9.17) is 9.72 Å². The number of amides is 1. The maximum absolute atomic E-state index is 13.3. The van der Waals surface area contributed by atoms with Crippen molar-refractivity contribution in [3.63, 3.8) is 0 Å². The van der Waals surface area contributed by atoms with Gasteiger partial charge >= 0.3 is 0 Å². The van der Waals surface area contributed by atoms with Crippen LogP contribution in [0.5, 0.6) is 0 Å². The molecule has 2 saturated carbocycles. The number of benzene rings is 1. The molecule has 1 aromatic carbocycles. The van der Waals surface area contributed by atoms with E-state index in [2.05, 4.69) is 38.9 Å². The molecule has 204 valence electrons. The Hall–Kier alpha value is -2.16. The van der Waals surface area contributed by atoms with Gasteiger partial charge in [-0.1, -0.05) is 37.3 Å². The number of aromatic nitrogens is 2.